The Morgan fingerprint density at radius 3 is 2.73 bits per heavy atom. The predicted molar refractivity (Wildman–Crippen MR) is 80.7 cm³/mol. The second-order valence-corrected chi connectivity index (χ2v) is 5.58. The minimum atomic E-state index is -0.441. The molecule has 1 saturated heterocycles. The van der Waals surface area contributed by atoms with Crippen LogP contribution in [0.3, 0.4) is 0 Å². The Kier molecular flexibility index (Phi) is 5.43. The number of likely N-dealkylation sites (tertiary alicyclic amines) is 1. The smallest absolute Gasteiger partial charge is 0.341 e. The van der Waals surface area contributed by atoms with Gasteiger partial charge in [0.05, 0.1) is 13.7 Å². The molecule has 0 aliphatic carbocycles. The lowest BCUT2D eigenvalue weighted by molar-refractivity contribution is 0.0598. The summed E-state index contributed by atoms with van der Waals surface area (Å²) >= 11 is 0. The molecule has 1 aliphatic heterocycles. The number of carbonyl (C=O) groups is 2. The molecule has 2 N–H and O–H groups in total. The van der Waals surface area contributed by atoms with E-state index >= 15 is 0 Å². The zero-order valence-corrected chi connectivity index (χ0v) is 13.3. The van der Waals surface area contributed by atoms with E-state index in [1.807, 2.05) is 0 Å². The highest BCUT2D eigenvalue weighted by Crippen LogP contribution is 2.15. The van der Waals surface area contributed by atoms with Gasteiger partial charge in [-0.05, 0) is 46.0 Å². The van der Waals surface area contributed by atoms with Gasteiger partial charge in [0.1, 0.15) is 17.1 Å². The molecule has 0 radical (unpaired) electrons. The number of ether oxygens (including phenoxy) is 1. The van der Waals surface area contributed by atoms with Crippen LogP contribution in [0, 0.1) is 6.92 Å². The molecular formula is C15H23N3O4. The standard InChI is InChI=1S/C15H23N3O4/c1-10-13(14(19)21-3)8-12(22-10)9-16-15(20)17-11-4-6-18(2)7-5-11/h8,11H,4-7,9H2,1-3H3,(H2,16,17,20). The topological polar surface area (TPSA) is 83.8 Å². The highest BCUT2D eigenvalue weighted by atomic mass is 16.5. The number of hydrogen-bond donors (Lipinski definition) is 2. The van der Waals surface area contributed by atoms with Gasteiger partial charge in [0, 0.05) is 6.04 Å². The van der Waals surface area contributed by atoms with Gasteiger partial charge in [0.15, 0.2) is 0 Å². The number of nitrogens with one attached hydrogen (secondary N) is 2. The van der Waals surface area contributed by atoms with Crippen molar-refractivity contribution in [1.29, 1.82) is 0 Å². The molecule has 2 heterocycles. The molecule has 122 valence electrons. The van der Waals surface area contributed by atoms with Crippen LogP contribution in [-0.4, -0.2) is 50.2 Å². The number of hydrogen-bond acceptors (Lipinski definition) is 5. The van der Waals surface area contributed by atoms with Crippen molar-refractivity contribution in [3.63, 3.8) is 0 Å². The first-order valence-corrected chi connectivity index (χ1v) is 7.40. The maximum atomic E-state index is 11.9. The van der Waals surface area contributed by atoms with E-state index in [2.05, 4.69) is 27.3 Å². The number of methoxy groups -OCH3 is 1. The lowest BCUT2D eigenvalue weighted by atomic mass is 10.1. The van der Waals surface area contributed by atoms with E-state index in [1.165, 1.54) is 7.11 Å². The van der Waals surface area contributed by atoms with E-state index in [0.29, 0.717) is 17.1 Å². The molecule has 0 bridgehead atoms. The zero-order chi connectivity index (χ0) is 16.1. The van der Waals surface area contributed by atoms with Crippen LogP contribution in [0.5, 0.6) is 0 Å². The van der Waals surface area contributed by atoms with E-state index in [1.54, 1.807) is 13.0 Å². The molecule has 0 saturated carbocycles. The van der Waals surface area contributed by atoms with Gasteiger partial charge in [-0.25, -0.2) is 9.59 Å². The number of nitrogens with zero attached hydrogens (tertiary/aromatic N) is 1. The fraction of sp³-hybridized carbons (Fsp3) is 0.600. The fourth-order valence-corrected chi connectivity index (χ4v) is 2.50. The summed E-state index contributed by atoms with van der Waals surface area (Å²) < 4.78 is 10.1. The van der Waals surface area contributed by atoms with Crippen molar-refractivity contribution in [2.45, 2.75) is 32.4 Å². The third kappa shape index (κ3) is 4.24. The van der Waals surface area contributed by atoms with Crippen molar-refractivity contribution in [3.8, 4) is 0 Å². The molecule has 0 unspecified atom stereocenters. The van der Waals surface area contributed by atoms with Gasteiger partial charge >= 0.3 is 12.0 Å². The summed E-state index contributed by atoms with van der Waals surface area (Å²) in [5, 5.41) is 5.70. The van der Waals surface area contributed by atoms with E-state index in [9.17, 15) is 9.59 Å². The number of esters is 1. The molecule has 1 aromatic heterocycles. The molecule has 0 spiro atoms. The number of rotatable bonds is 4. The van der Waals surface area contributed by atoms with Gasteiger partial charge in [-0.1, -0.05) is 0 Å². The first-order valence-electron chi connectivity index (χ1n) is 7.40. The summed E-state index contributed by atoms with van der Waals surface area (Å²) in [6.45, 7) is 3.90. The lowest BCUT2D eigenvalue weighted by Crippen LogP contribution is -2.46. The number of piperidine rings is 1. The maximum Gasteiger partial charge on any atom is 0.341 e. The van der Waals surface area contributed by atoms with Gasteiger partial charge in [0.2, 0.25) is 0 Å². The molecule has 1 aromatic rings. The second-order valence-electron chi connectivity index (χ2n) is 5.58. The van der Waals surface area contributed by atoms with Crippen LogP contribution in [-0.2, 0) is 11.3 Å². The second kappa shape index (κ2) is 7.31. The fourth-order valence-electron chi connectivity index (χ4n) is 2.50. The van der Waals surface area contributed by atoms with Crippen LogP contribution >= 0.6 is 0 Å². The van der Waals surface area contributed by atoms with Crippen molar-refractivity contribution in [3.05, 3.63) is 23.2 Å². The van der Waals surface area contributed by atoms with Crippen LogP contribution in [0.4, 0.5) is 4.79 Å². The Hall–Kier alpha value is -2.02. The highest BCUT2D eigenvalue weighted by molar-refractivity contribution is 5.90. The van der Waals surface area contributed by atoms with E-state index in [-0.39, 0.29) is 18.6 Å². The van der Waals surface area contributed by atoms with Gasteiger partial charge in [-0.2, -0.15) is 0 Å². The largest absolute Gasteiger partial charge is 0.465 e. The molecular weight excluding hydrogens is 286 g/mol. The average molecular weight is 309 g/mol. The van der Waals surface area contributed by atoms with Crippen LogP contribution in [0.2, 0.25) is 0 Å². The van der Waals surface area contributed by atoms with Crippen molar-refractivity contribution in [2.75, 3.05) is 27.2 Å². The summed E-state index contributed by atoms with van der Waals surface area (Å²) in [5.41, 5.74) is 0.384. The zero-order valence-electron chi connectivity index (χ0n) is 13.3. The number of aryl methyl sites for hydroxylation is 1. The Labute approximate surface area is 130 Å². The third-order valence-corrected chi connectivity index (χ3v) is 3.85. The first kappa shape index (κ1) is 16.4. The van der Waals surface area contributed by atoms with Crippen molar-refractivity contribution in [1.82, 2.24) is 15.5 Å². The Morgan fingerprint density at radius 2 is 2.09 bits per heavy atom. The van der Waals surface area contributed by atoms with E-state index < -0.39 is 5.97 Å². The Balaban J connectivity index is 1.80. The Bertz CT molecular complexity index is 533. The molecule has 2 rings (SSSR count). The van der Waals surface area contributed by atoms with Gasteiger partial charge in [-0.3, -0.25) is 0 Å². The van der Waals surface area contributed by atoms with Gasteiger partial charge in [-0.15, -0.1) is 0 Å². The average Bonchev–Trinajstić information content (AvgIpc) is 2.88. The normalized spacial score (nSPS) is 16.3. The maximum absolute atomic E-state index is 11.9. The minimum absolute atomic E-state index is 0.208. The van der Waals surface area contributed by atoms with Crippen molar-refractivity contribution in [2.24, 2.45) is 0 Å². The quantitative estimate of drug-likeness (QED) is 0.818. The molecule has 22 heavy (non-hydrogen) atoms. The van der Waals surface area contributed by atoms with Gasteiger partial charge in [0.25, 0.3) is 0 Å². The molecule has 0 atom stereocenters. The SMILES string of the molecule is COC(=O)c1cc(CNC(=O)NC2CCN(C)CC2)oc1C. The third-order valence-electron chi connectivity index (χ3n) is 3.85. The molecule has 7 nitrogen and oxygen atoms in total. The van der Waals surface area contributed by atoms with Crippen LogP contribution < -0.4 is 10.6 Å². The van der Waals surface area contributed by atoms with E-state index in [4.69, 9.17) is 4.42 Å². The van der Waals surface area contributed by atoms with Crippen LogP contribution in [0.25, 0.3) is 0 Å². The lowest BCUT2D eigenvalue weighted by Gasteiger charge is -2.29. The van der Waals surface area contributed by atoms with Gasteiger partial charge < -0.3 is 24.7 Å². The summed E-state index contributed by atoms with van der Waals surface area (Å²) in [6, 6.07) is 1.58. The van der Waals surface area contributed by atoms with Crippen molar-refractivity contribution >= 4 is 12.0 Å². The highest BCUT2D eigenvalue weighted by Gasteiger charge is 2.19. The predicted octanol–water partition coefficient (Wildman–Crippen LogP) is 1.27. The molecule has 1 fully saturated rings. The Morgan fingerprint density at radius 1 is 1.41 bits per heavy atom. The first-order chi connectivity index (χ1) is 10.5. The molecule has 7 heteroatoms. The number of amides is 2. The monoisotopic (exact) mass is 309 g/mol. The molecule has 2 amide bonds. The van der Waals surface area contributed by atoms with Crippen LogP contribution in [0.1, 0.15) is 34.7 Å². The van der Waals surface area contributed by atoms with Crippen LogP contribution in [0.15, 0.2) is 10.5 Å². The summed E-state index contributed by atoms with van der Waals surface area (Å²) in [7, 11) is 3.40. The minimum Gasteiger partial charge on any atom is -0.465 e. The number of furan rings is 1. The summed E-state index contributed by atoms with van der Waals surface area (Å²) in [6.07, 6.45) is 1.91. The molecule has 1 aliphatic rings. The number of carbonyl (C=O) groups excluding carboxylic acids is 2. The number of urea groups is 1. The van der Waals surface area contributed by atoms with Crippen molar-refractivity contribution < 1.29 is 18.7 Å². The summed E-state index contributed by atoms with van der Waals surface area (Å²) in [5.74, 6) is 0.569. The van der Waals surface area contributed by atoms with E-state index in [0.717, 1.165) is 25.9 Å². The molecule has 0 aromatic carbocycles. The summed E-state index contributed by atoms with van der Waals surface area (Å²) in [4.78, 5) is 25.6.